The number of anilines is 6. The number of unbranched alkanes of at least 4 members (excludes halogenated alkanes) is 12. The van der Waals surface area contributed by atoms with Crippen LogP contribution in [0.5, 0.6) is 0 Å². The Hall–Kier alpha value is -7.94. The quantitative estimate of drug-likeness (QED) is 0.0303. The van der Waals surface area contributed by atoms with Gasteiger partial charge >= 0.3 is 0 Å². The lowest BCUT2D eigenvalue weighted by atomic mass is 9.70. The third-order valence-corrected chi connectivity index (χ3v) is 20.1. The van der Waals surface area contributed by atoms with Crippen LogP contribution in [0, 0.1) is 0 Å². The van der Waals surface area contributed by atoms with Gasteiger partial charge in [0.05, 0.1) is 0 Å². The number of hydrogen-bond donors (Lipinski definition) is 0. The number of hydrogen-bond acceptors (Lipinski definition) is 2. The van der Waals surface area contributed by atoms with E-state index < -0.39 is 0 Å². The molecular weight excluding hydrogens is 1040 g/mol. The van der Waals surface area contributed by atoms with E-state index in [-0.39, 0.29) is 10.8 Å². The van der Waals surface area contributed by atoms with Gasteiger partial charge in [-0.3, -0.25) is 0 Å². The van der Waals surface area contributed by atoms with Gasteiger partial charge in [-0.25, -0.2) is 0 Å². The molecule has 0 N–H and O–H groups in total. The van der Waals surface area contributed by atoms with Gasteiger partial charge in [0, 0.05) is 45.0 Å². The summed E-state index contributed by atoms with van der Waals surface area (Å²) in [4.78, 5) is 4.94. The maximum Gasteiger partial charge on any atom is 0.0465 e. The van der Waals surface area contributed by atoms with Crippen LogP contribution in [0.2, 0.25) is 0 Å². The van der Waals surface area contributed by atoms with Crippen molar-refractivity contribution in [3.05, 3.63) is 241 Å². The Kier molecular flexibility index (Phi) is 17.0. The molecule has 11 aromatic carbocycles. The van der Waals surface area contributed by atoms with E-state index in [0.29, 0.717) is 0 Å². The Morgan fingerprint density at radius 3 is 0.814 bits per heavy atom. The van der Waals surface area contributed by atoms with Gasteiger partial charge in [0.1, 0.15) is 0 Å². The summed E-state index contributed by atoms with van der Waals surface area (Å²) in [6.07, 6.45) is 24.7. The Morgan fingerprint density at radius 1 is 0.233 bits per heavy atom. The van der Waals surface area contributed by atoms with E-state index in [1.807, 2.05) is 0 Å². The maximum atomic E-state index is 2.70. The first-order chi connectivity index (χ1) is 42.5. The molecule has 0 unspecified atom stereocenters. The predicted molar refractivity (Wildman–Crippen MR) is 373 cm³/mol. The summed E-state index contributed by atoms with van der Waals surface area (Å²) in [5, 5.41) is 10.8. The van der Waals surface area contributed by atoms with Crippen molar-refractivity contribution < 1.29 is 0 Å². The maximum absolute atomic E-state index is 2.70. The second-order valence-electron chi connectivity index (χ2n) is 25.5. The summed E-state index contributed by atoms with van der Waals surface area (Å²) >= 11 is 0. The number of rotatable bonds is 26. The smallest absolute Gasteiger partial charge is 0.0465 e. The zero-order valence-corrected chi connectivity index (χ0v) is 51.8. The lowest BCUT2D eigenvalue weighted by Gasteiger charge is -2.34. The molecule has 0 atom stereocenters. The minimum absolute atomic E-state index is 0.0930. The normalized spacial score (nSPS) is 13.5. The number of fused-ring (bicyclic) bond motifs is 12. The van der Waals surface area contributed by atoms with Crippen LogP contribution in [0.4, 0.5) is 34.1 Å². The molecule has 13 rings (SSSR count). The average molecular weight is 1130 g/mol. The zero-order valence-electron chi connectivity index (χ0n) is 51.8. The fraction of sp³-hybridized carbons (Fsp3) is 0.310. The van der Waals surface area contributed by atoms with E-state index in [9.17, 15) is 0 Å². The van der Waals surface area contributed by atoms with Gasteiger partial charge in [0.25, 0.3) is 0 Å². The fourth-order valence-corrected chi connectivity index (χ4v) is 15.8. The van der Waals surface area contributed by atoms with E-state index in [4.69, 9.17) is 0 Å². The second-order valence-corrected chi connectivity index (χ2v) is 25.5. The molecular formula is C84H88N2. The highest BCUT2D eigenvalue weighted by Gasteiger charge is 2.45. The van der Waals surface area contributed by atoms with Crippen molar-refractivity contribution in [3.8, 4) is 22.3 Å². The van der Waals surface area contributed by atoms with E-state index in [1.54, 1.807) is 11.1 Å². The molecule has 2 nitrogen and oxygen atoms in total. The first kappa shape index (κ1) is 57.2. The molecule has 0 radical (unpaired) electrons. The largest absolute Gasteiger partial charge is 0.310 e. The highest BCUT2D eigenvalue weighted by molar-refractivity contribution is 6.19. The van der Waals surface area contributed by atoms with Gasteiger partial charge in [-0.05, 0) is 222 Å². The van der Waals surface area contributed by atoms with Crippen LogP contribution in [0.25, 0.3) is 65.3 Å². The molecule has 0 spiro atoms. The summed E-state index contributed by atoms with van der Waals surface area (Å²) in [5.74, 6) is 0. The summed E-state index contributed by atoms with van der Waals surface area (Å²) in [5.41, 5.74) is 18.9. The topological polar surface area (TPSA) is 6.48 Å². The number of para-hydroxylation sites is 4. The first-order valence-corrected chi connectivity index (χ1v) is 33.5. The Balaban J connectivity index is 0.969. The molecule has 0 saturated carbocycles. The highest BCUT2D eigenvalue weighted by Crippen LogP contribution is 2.59. The number of nitrogens with zero attached hydrogens (tertiary/aromatic N) is 2. The fourth-order valence-electron chi connectivity index (χ4n) is 15.8. The van der Waals surface area contributed by atoms with Gasteiger partial charge in [-0.2, -0.15) is 0 Å². The Morgan fingerprint density at radius 2 is 0.512 bits per heavy atom. The van der Waals surface area contributed by atoms with Gasteiger partial charge in [-0.1, -0.05) is 240 Å². The van der Waals surface area contributed by atoms with E-state index in [0.717, 1.165) is 25.7 Å². The third-order valence-electron chi connectivity index (χ3n) is 20.1. The van der Waals surface area contributed by atoms with Crippen molar-refractivity contribution in [3.63, 3.8) is 0 Å². The van der Waals surface area contributed by atoms with Crippen LogP contribution in [-0.4, -0.2) is 0 Å². The molecule has 0 bridgehead atoms. The number of benzene rings is 11. The molecule has 11 aromatic rings. The lowest BCUT2D eigenvalue weighted by molar-refractivity contribution is 0.401. The zero-order chi connectivity index (χ0) is 58.5. The molecule has 2 aliphatic rings. The van der Waals surface area contributed by atoms with E-state index in [2.05, 4.69) is 256 Å². The summed E-state index contributed by atoms with van der Waals surface area (Å²) in [7, 11) is 0. The van der Waals surface area contributed by atoms with Crippen molar-refractivity contribution in [2.24, 2.45) is 0 Å². The Labute approximate surface area is 513 Å². The Bertz CT molecular complexity index is 3750. The lowest BCUT2D eigenvalue weighted by Crippen LogP contribution is -2.26. The van der Waals surface area contributed by atoms with Crippen LogP contribution in [0.3, 0.4) is 0 Å². The summed E-state index contributed by atoms with van der Waals surface area (Å²) in [6, 6.07) is 84.4. The van der Waals surface area contributed by atoms with E-state index >= 15 is 0 Å². The van der Waals surface area contributed by atoms with Crippen molar-refractivity contribution in [2.45, 2.75) is 167 Å². The molecule has 0 fully saturated rings. The highest BCUT2D eigenvalue weighted by atomic mass is 15.1. The SMILES string of the molecule is CCCCCCC1(CCCCCC)c2cc(N(c3ccccc3)c3ccccc3)ccc2-c2cc3ccc4cc5c(ccc6cc7c(cc65)C(CCCCCC)(CCCCCC)c5cc(N(c6ccccc6)c6ccccc6)ccc5-7)cc4c3cc21. The van der Waals surface area contributed by atoms with Crippen LogP contribution in [0.15, 0.2) is 218 Å². The summed E-state index contributed by atoms with van der Waals surface area (Å²) in [6.45, 7) is 9.41. The molecule has 434 valence electrons. The van der Waals surface area contributed by atoms with Crippen molar-refractivity contribution in [1.82, 2.24) is 0 Å². The van der Waals surface area contributed by atoms with Crippen LogP contribution in [-0.2, 0) is 10.8 Å². The molecule has 0 amide bonds. The molecule has 0 aliphatic heterocycles. The third kappa shape index (κ3) is 10.7. The van der Waals surface area contributed by atoms with Crippen molar-refractivity contribution in [2.75, 3.05) is 9.80 Å². The van der Waals surface area contributed by atoms with E-state index in [1.165, 1.54) is 213 Å². The average Bonchev–Trinajstić information content (AvgIpc) is 2.48. The standard InChI is InChI=1S/C84H88N2/c1-5-9-13-29-49-83(50-30-14-10-6-2)79-57-69(85(65-33-21-17-22-34-65)66-35-23-18-24-36-66)45-47-71(79)77-55-63-43-41-61-54-74-62(53-73(61)75(63)59-81(77)83)42-44-64-56-78-72-48-46-70(86(67-37-25-19-26-38-67)68-39-27-20-28-40-68)58-80(72)84(51-31-15-11-7-3,52-32-16-12-8-4)82(78)60-76(64)74/h17-28,33-48,53-60H,5-16,29-32,49-52H2,1-4H3. The van der Waals surface area contributed by atoms with Crippen LogP contribution < -0.4 is 9.80 Å². The minimum atomic E-state index is -0.0930. The second kappa shape index (κ2) is 25.6. The first-order valence-electron chi connectivity index (χ1n) is 33.5. The van der Waals surface area contributed by atoms with Gasteiger partial charge in [0.15, 0.2) is 0 Å². The van der Waals surface area contributed by atoms with Crippen molar-refractivity contribution >= 4 is 77.2 Å². The van der Waals surface area contributed by atoms with Crippen LogP contribution >= 0.6 is 0 Å². The van der Waals surface area contributed by atoms with Gasteiger partial charge in [0.2, 0.25) is 0 Å². The molecule has 0 heterocycles. The van der Waals surface area contributed by atoms with Gasteiger partial charge in [-0.15, -0.1) is 0 Å². The monoisotopic (exact) mass is 1120 g/mol. The molecule has 0 saturated heterocycles. The minimum Gasteiger partial charge on any atom is -0.310 e. The molecule has 2 heteroatoms. The van der Waals surface area contributed by atoms with Crippen molar-refractivity contribution in [1.29, 1.82) is 0 Å². The molecule has 86 heavy (non-hydrogen) atoms. The van der Waals surface area contributed by atoms with Gasteiger partial charge < -0.3 is 9.80 Å². The predicted octanol–water partition coefficient (Wildman–Crippen LogP) is 25.7. The molecule has 0 aromatic heterocycles. The summed E-state index contributed by atoms with van der Waals surface area (Å²) < 4.78 is 0. The van der Waals surface area contributed by atoms with Crippen LogP contribution in [0.1, 0.15) is 178 Å². The molecule has 2 aliphatic carbocycles.